The predicted octanol–water partition coefficient (Wildman–Crippen LogP) is 3.20. The number of nitrogens with zero attached hydrogens (tertiary/aromatic N) is 1. The highest BCUT2D eigenvalue weighted by Crippen LogP contribution is 2.27. The third-order valence-corrected chi connectivity index (χ3v) is 4.28. The number of nitrogens with one attached hydrogen (secondary N) is 1. The number of hydrogen-bond donors (Lipinski definition) is 2. The van der Waals surface area contributed by atoms with Crippen LogP contribution in [0.15, 0.2) is 48.7 Å². The minimum atomic E-state index is 0.0348. The van der Waals surface area contributed by atoms with E-state index in [9.17, 15) is 4.79 Å². The Kier molecular flexibility index (Phi) is 4.49. The second kappa shape index (κ2) is 6.71. The molecule has 1 aliphatic rings. The summed E-state index contributed by atoms with van der Waals surface area (Å²) in [5.74, 6) is 0.350. The molecule has 0 unspecified atom stereocenters. The van der Waals surface area contributed by atoms with Crippen LogP contribution in [0.25, 0.3) is 11.3 Å². The molecule has 2 aromatic rings. The fourth-order valence-corrected chi connectivity index (χ4v) is 3.04. The standard InChI is InChI=1S/C18H21N3O/c19-16-8-4-7-14(16)11-18(22)21-15-9-10-20-17(12-15)13-5-2-1-3-6-13/h1-3,5-6,9-10,12,14,16H,4,7-8,11,19H2,(H,20,21,22)/t14-,16+/m0/s1. The lowest BCUT2D eigenvalue weighted by molar-refractivity contribution is -0.117. The zero-order chi connectivity index (χ0) is 15.4. The summed E-state index contributed by atoms with van der Waals surface area (Å²) in [5.41, 5.74) is 8.71. The van der Waals surface area contributed by atoms with Crippen molar-refractivity contribution in [2.45, 2.75) is 31.7 Å². The maximum absolute atomic E-state index is 12.2. The fourth-order valence-electron chi connectivity index (χ4n) is 3.04. The van der Waals surface area contributed by atoms with Crippen molar-refractivity contribution >= 4 is 11.6 Å². The molecule has 1 saturated carbocycles. The first kappa shape index (κ1) is 14.7. The molecule has 0 spiro atoms. The van der Waals surface area contributed by atoms with E-state index in [0.717, 1.165) is 36.2 Å². The normalized spacial score (nSPS) is 20.8. The monoisotopic (exact) mass is 295 g/mol. The van der Waals surface area contributed by atoms with Crippen LogP contribution in [-0.2, 0) is 4.79 Å². The predicted molar refractivity (Wildman–Crippen MR) is 88.2 cm³/mol. The van der Waals surface area contributed by atoms with E-state index in [-0.39, 0.29) is 11.9 Å². The number of hydrogen-bond acceptors (Lipinski definition) is 3. The second-order valence-corrected chi connectivity index (χ2v) is 5.90. The van der Waals surface area contributed by atoms with E-state index in [4.69, 9.17) is 5.73 Å². The van der Waals surface area contributed by atoms with Crippen molar-refractivity contribution in [3.05, 3.63) is 48.7 Å². The van der Waals surface area contributed by atoms with Gasteiger partial charge in [0.05, 0.1) is 5.69 Å². The number of amides is 1. The van der Waals surface area contributed by atoms with Gasteiger partial charge >= 0.3 is 0 Å². The number of carbonyl (C=O) groups excluding carboxylic acids is 1. The molecule has 1 fully saturated rings. The van der Waals surface area contributed by atoms with Gasteiger partial charge in [-0.05, 0) is 30.9 Å². The van der Waals surface area contributed by atoms with Gasteiger partial charge in [-0.15, -0.1) is 0 Å². The number of nitrogens with two attached hydrogens (primary N) is 1. The largest absolute Gasteiger partial charge is 0.327 e. The molecule has 0 saturated heterocycles. The lowest BCUT2D eigenvalue weighted by atomic mass is 10.00. The Morgan fingerprint density at radius 2 is 2.05 bits per heavy atom. The van der Waals surface area contributed by atoms with Crippen molar-refractivity contribution in [2.75, 3.05) is 5.32 Å². The van der Waals surface area contributed by atoms with Gasteiger partial charge in [-0.25, -0.2) is 0 Å². The Bertz CT molecular complexity index is 642. The van der Waals surface area contributed by atoms with Crippen LogP contribution in [0.1, 0.15) is 25.7 Å². The van der Waals surface area contributed by atoms with Crippen molar-refractivity contribution < 1.29 is 4.79 Å². The van der Waals surface area contributed by atoms with E-state index in [1.165, 1.54) is 0 Å². The van der Waals surface area contributed by atoms with Crippen LogP contribution in [0.4, 0.5) is 5.69 Å². The third-order valence-electron chi connectivity index (χ3n) is 4.28. The molecule has 3 N–H and O–H groups in total. The van der Waals surface area contributed by atoms with Crippen LogP contribution in [0, 0.1) is 5.92 Å². The Morgan fingerprint density at radius 3 is 2.77 bits per heavy atom. The van der Waals surface area contributed by atoms with E-state index in [1.807, 2.05) is 42.5 Å². The van der Waals surface area contributed by atoms with Gasteiger partial charge in [0.15, 0.2) is 0 Å². The zero-order valence-electron chi connectivity index (χ0n) is 12.5. The number of pyridine rings is 1. The quantitative estimate of drug-likeness (QED) is 0.910. The van der Waals surface area contributed by atoms with Gasteiger partial charge in [0.2, 0.25) is 5.91 Å². The van der Waals surface area contributed by atoms with E-state index in [0.29, 0.717) is 12.3 Å². The molecule has 1 aliphatic carbocycles. The molecule has 114 valence electrons. The summed E-state index contributed by atoms with van der Waals surface area (Å²) in [5, 5.41) is 2.97. The summed E-state index contributed by atoms with van der Waals surface area (Å²) in [4.78, 5) is 16.5. The number of benzene rings is 1. The Morgan fingerprint density at radius 1 is 1.23 bits per heavy atom. The lowest BCUT2D eigenvalue weighted by Crippen LogP contribution is -2.28. The molecule has 3 rings (SSSR count). The minimum absolute atomic E-state index is 0.0348. The van der Waals surface area contributed by atoms with Gasteiger partial charge in [0, 0.05) is 29.9 Å². The van der Waals surface area contributed by atoms with Gasteiger partial charge in [0.25, 0.3) is 0 Å². The summed E-state index contributed by atoms with van der Waals surface area (Å²) in [6.45, 7) is 0. The average molecular weight is 295 g/mol. The lowest BCUT2D eigenvalue weighted by Gasteiger charge is -2.15. The van der Waals surface area contributed by atoms with Crippen LogP contribution in [-0.4, -0.2) is 16.9 Å². The molecule has 0 radical (unpaired) electrons. The molecule has 0 aliphatic heterocycles. The first-order valence-electron chi connectivity index (χ1n) is 7.79. The third kappa shape index (κ3) is 3.52. The van der Waals surface area contributed by atoms with E-state index in [1.54, 1.807) is 6.20 Å². The van der Waals surface area contributed by atoms with Crippen LogP contribution < -0.4 is 11.1 Å². The topological polar surface area (TPSA) is 68.0 Å². The second-order valence-electron chi connectivity index (χ2n) is 5.90. The van der Waals surface area contributed by atoms with Gasteiger partial charge in [-0.3, -0.25) is 9.78 Å². The van der Waals surface area contributed by atoms with Gasteiger partial charge < -0.3 is 11.1 Å². The van der Waals surface area contributed by atoms with E-state index in [2.05, 4.69) is 10.3 Å². The molecule has 1 amide bonds. The molecular weight excluding hydrogens is 274 g/mol. The minimum Gasteiger partial charge on any atom is -0.327 e. The van der Waals surface area contributed by atoms with Gasteiger partial charge in [0.1, 0.15) is 0 Å². The number of aromatic nitrogens is 1. The first-order valence-corrected chi connectivity index (χ1v) is 7.79. The van der Waals surface area contributed by atoms with Crippen molar-refractivity contribution in [3.8, 4) is 11.3 Å². The smallest absolute Gasteiger partial charge is 0.224 e. The van der Waals surface area contributed by atoms with Crippen molar-refractivity contribution in [1.29, 1.82) is 0 Å². The number of anilines is 1. The molecule has 0 bridgehead atoms. The van der Waals surface area contributed by atoms with Crippen LogP contribution in [0.5, 0.6) is 0 Å². The molecule has 2 atom stereocenters. The van der Waals surface area contributed by atoms with Gasteiger partial charge in [-0.2, -0.15) is 0 Å². The maximum Gasteiger partial charge on any atom is 0.224 e. The summed E-state index contributed by atoms with van der Waals surface area (Å²) in [7, 11) is 0. The SMILES string of the molecule is N[C@@H]1CCC[C@H]1CC(=O)Nc1ccnc(-c2ccccc2)c1. The highest BCUT2D eigenvalue weighted by atomic mass is 16.1. The Balaban J connectivity index is 1.66. The van der Waals surface area contributed by atoms with Crippen LogP contribution in [0.2, 0.25) is 0 Å². The molecule has 22 heavy (non-hydrogen) atoms. The number of rotatable bonds is 4. The highest BCUT2D eigenvalue weighted by Gasteiger charge is 2.26. The highest BCUT2D eigenvalue weighted by molar-refractivity contribution is 5.91. The van der Waals surface area contributed by atoms with E-state index >= 15 is 0 Å². The van der Waals surface area contributed by atoms with Crippen LogP contribution >= 0.6 is 0 Å². The summed E-state index contributed by atoms with van der Waals surface area (Å²) in [6.07, 6.45) is 5.45. The van der Waals surface area contributed by atoms with E-state index < -0.39 is 0 Å². The Labute approximate surface area is 130 Å². The van der Waals surface area contributed by atoms with Crippen molar-refractivity contribution in [3.63, 3.8) is 0 Å². The molecule has 1 aromatic carbocycles. The zero-order valence-corrected chi connectivity index (χ0v) is 12.5. The average Bonchev–Trinajstić information content (AvgIpc) is 2.93. The van der Waals surface area contributed by atoms with Gasteiger partial charge in [-0.1, -0.05) is 36.8 Å². The first-order chi connectivity index (χ1) is 10.7. The van der Waals surface area contributed by atoms with Crippen molar-refractivity contribution in [2.24, 2.45) is 11.7 Å². The van der Waals surface area contributed by atoms with Crippen LogP contribution in [0.3, 0.4) is 0 Å². The molecular formula is C18H21N3O. The molecule has 1 heterocycles. The number of carbonyl (C=O) groups is 1. The summed E-state index contributed by atoms with van der Waals surface area (Å²) in [6, 6.07) is 13.8. The van der Waals surface area contributed by atoms with Crippen molar-refractivity contribution in [1.82, 2.24) is 4.98 Å². The molecule has 4 heteroatoms. The summed E-state index contributed by atoms with van der Waals surface area (Å²) < 4.78 is 0. The molecule has 4 nitrogen and oxygen atoms in total. The Hall–Kier alpha value is -2.20. The summed E-state index contributed by atoms with van der Waals surface area (Å²) >= 11 is 0. The maximum atomic E-state index is 12.2. The fraction of sp³-hybridized carbons (Fsp3) is 0.333. The molecule has 1 aromatic heterocycles.